The SMILES string of the molecule is c1ccc(-c2c3c4ccccc4nc-3nc3c4ccccc4ccn23)cc1. The van der Waals surface area contributed by atoms with Crippen molar-refractivity contribution < 1.29 is 0 Å². The first kappa shape index (κ1) is 14.4. The molecule has 0 atom stereocenters. The third kappa shape index (κ3) is 2.02. The van der Waals surface area contributed by atoms with E-state index in [0.29, 0.717) is 0 Å². The molecule has 1 aromatic heterocycles. The second-order valence-corrected chi connectivity index (χ2v) is 6.75. The molecule has 0 spiro atoms. The molecule has 3 heteroatoms. The number of nitrogens with zero attached hydrogens (tertiary/aromatic N) is 3. The van der Waals surface area contributed by atoms with Gasteiger partial charge < -0.3 is 0 Å². The summed E-state index contributed by atoms with van der Waals surface area (Å²) in [4.78, 5) is 9.81. The van der Waals surface area contributed by atoms with E-state index in [1.807, 2.05) is 12.1 Å². The molecule has 0 amide bonds. The van der Waals surface area contributed by atoms with Gasteiger partial charge in [0.05, 0.1) is 16.8 Å². The van der Waals surface area contributed by atoms with Crippen molar-refractivity contribution in [3.8, 4) is 22.6 Å². The maximum Gasteiger partial charge on any atom is 0.165 e. The van der Waals surface area contributed by atoms with E-state index in [1.54, 1.807) is 0 Å². The van der Waals surface area contributed by atoms with Gasteiger partial charge in [-0.3, -0.25) is 4.40 Å². The molecule has 6 rings (SSSR count). The monoisotopic (exact) mass is 345 g/mol. The van der Waals surface area contributed by atoms with Gasteiger partial charge in [0.1, 0.15) is 5.65 Å². The normalized spacial score (nSPS) is 11.7. The van der Waals surface area contributed by atoms with Crippen molar-refractivity contribution in [1.82, 2.24) is 14.4 Å². The summed E-state index contributed by atoms with van der Waals surface area (Å²) < 4.78 is 2.20. The van der Waals surface area contributed by atoms with Crippen molar-refractivity contribution >= 4 is 27.3 Å². The zero-order valence-corrected chi connectivity index (χ0v) is 14.5. The van der Waals surface area contributed by atoms with Crippen LogP contribution < -0.4 is 0 Å². The molecular weight excluding hydrogens is 330 g/mol. The first-order valence-corrected chi connectivity index (χ1v) is 9.04. The van der Waals surface area contributed by atoms with Gasteiger partial charge in [0.15, 0.2) is 5.82 Å². The molecule has 126 valence electrons. The zero-order chi connectivity index (χ0) is 17.8. The first-order chi connectivity index (χ1) is 13.4. The minimum atomic E-state index is 0.798. The number of aromatic nitrogens is 3. The molecule has 0 saturated heterocycles. The van der Waals surface area contributed by atoms with Crippen LogP contribution in [0.25, 0.3) is 50.0 Å². The van der Waals surface area contributed by atoms with E-state index < -0.39 is 0 Å². The van der Waals surface area contributed by atoms with E-state index in [1.165, 1.54) is 5.39 Å². The molecule has 0 aliphatic carbocycles. The summed E-state index contributed by atoms with van der Waals surface area (Å²) in [6, 6.07) is 29.3. The highest BCUT2D eigenvalue weighted by Crippen LogP contribution is 2.39. The molecular formula is C24H15N3. The quantitative estimate of drug-likeness (QED) is 0.352. The van der Waals surface area contributed by atoms with Gasteiger partial charge in [0, 0.05) is 17.0 Å². The standard InChI is InChI=1S/C24H15N3/c1-2-9-17(10-3-1)22-21-19-12-6-7-13-20(19)25-23(21)26-24-18-11-5-4-8-16(18)14-15-27(22)24/h1-15H. The summed E-state index contributed by atoms with van der Waals surface area (Å²) in [7, 11) is 0. The van der Waals surface area contributed by atoms with Crippen LogP contribution in [-0.4, -0.2) is 14.4 Å². The Morgan fingerprint density at radius 2 is 1.37 bits per heavy atom. The lowest BCUT2D eigenvalue weighted by atomic mass is 10.0. The summed E-state index contributed by atoms with van der Waals surface area (Å²) in [6.07, 6.45) is 2.12. The van der Waals surface area contributed by atoms with Crippen LogP contribution in [0.5, 0.6) is 0 Å². The summed E-state index contributed by atoms with van der Waals surface area (Å²) in [6.45, 7) is 0. The summed E-state index contributed by atoms with van der Waals surface area (Å²) in [5, 5.41) is 3.45. The maximum atomic E-state index is 4.98. The van der Waals surface area contributed by atoms with Crippen LogP contribution in [0.2, 0.25) is 0 Å². The van der Waals surface area contributed by atoms with E-state index >= 15 is 0 Å². The second kappa shape index (κ2) is 5.39. The number of rotatable bonds is 1. The molecule has 2 aliphatic heterocycles. The lowest BCUT2D eigenvalue weighted by Crippen LogP contribution is -2.02. The Kier molecular flexibility index (Phi) is 2.88. The molecule has 0 saturated carbocycles. The number of pyridine rings is 1. The Balaban J connectivity index is 1.91. The highest BCUT2D eigenvalue weighted by Gasteiger charge is 2.22. The van der Waals surface area contributed by atoms with Crippen LogP contribution in [0, 0.1) is 0 Å². The van der Waals surface area contributed by atoms with Crippen LogP contribution in [0.15, 0.2) is 91.1 Å². The molecule has 27 heavy (non-hydrogen) atoms. The van der Waals surface area contributed by atoms with Gasteiger partial charge in [-0.1, -0.05) is 72.8 Å². The van der Waals surface area contributed by atoms with Crippen molar-refractivity contribution in [2.24, 2.45) is 0 Å². The highest BCUT2D eigenvalue weighted by atomic mass is 15.0. The zero-order valence-electron chi connectivity index (χ0n) is 14.5. The van der Waals surface area contributed by atoms with Crippen molar-refractivity contribution in [1.29, 1.82) is 0 Å². The van der Waals surface area contributed by atoms with Gasteiger partial charge in [-0.2, -0.15) is 0 Å². The lowest BCUT2D eigenvalue weighted by Gasteiger charge is -2.15. The van der Waals surface area contributed by atoms with E-state index in [4.69, 9.17) is 9.97 Å². The molecule has 0 N–H and O–H groups in total. The number of para-hydroxylation sites is 1. The number of hydrogen-bond acceptors (Lipinski definition) is 2. The summed E-state index contributed by atoms with van der Waals surface area (Å²) in [5.41, 5.74) is 5.31. The molecule has 0 unspecified atom stereocenters. The number of hydrogen-bond donors (Lipinski definition) is 0. The maximum absolute atomic E-state index is 4.98. The van der Waals surface area contributed by atoms with Crippen LogP contribution in [-0.2, 0) is 0 Å². The van der Waals surface area contributed by atoms with Crippen LogP contribution in [0.4, 0.5) is 0 Å². The summed E-state index contributed by atoms with van der Waals surface area (Å²) in [5.74, 6) is 0.798. The average molecular weight is 345 g/mol. The van der Waals surface area contributed by atoms with Gasteiger partial charge in [0.2, 0.25) is 0 Å². The van der Waals surface area contributed by atoms with E-state index in [-0.39, 0.29) is 0 Å². The molecule has 3 nitrogen and oxygen atoms in total. The number of fused-ring (bicyclic) bond motifs is 6. The van der Waals surface area contributed by atoms with Crippen LogP contribution in [0.1, 0.15) is 0 Å². The van der Waals surface area contributed by atoms with Crippen molar-refractivity contribution in [3.63, 3.8) is 0 Å². The molecule has 4 aromatic rings. The Morgan fingerprint density at radius 1 is 0.630 bits per heavy atom. The fourth-order valence-electron chi connectivity index (χ4n) is 3.98. The topological polar surface area (TPSA) is 30.2 Å². The van der Waals surface area contributed by atoms with Crippen molar-refractivity contribution in [2.75, 3.05) is 0 Å². The first-order valence-electron chi connectivity index (χ1n) is 9.04. The third-order valence-electron chi connectivity index (χ3n) is 5.19. The predicted octanol–water partition coefficient (Wildman–Crippen LogP) is 5.81. The molecule has 3 heterocycles. The molecule has 2 aliphatic rings. The minimum absolute atomic E-state index is 0.798. The Bertz CT molecular complexity index is 1410. The molecule has 0 fully saturated rings. The van der Waals surface area contributed by atoms with Gasteiger partial charge in [-0.05, 0) is 23.1 Å². The molecule has 0 radical (unpaired) electrons. The smallest absolute Gasteiger partial charge is 0.165 e. The van der Waals surface area contributed by atoms with Gasteiger partial charge in [0.25, 0.3) is 0 Å². The second-order valence-electron chi connectivity index (χ2n) is 6.75. The van der Waals surface area contributed by atoms with E-state index in [2.05, 4.69) is 83.4 Å². The predicted molar refractivity (Wildman–Crippen MR) is 110 cm³/mol. The van der Waals surface area contributed by atoms with E-state index in [9.17, 15) is 0 Å². The van der Waals surface area contributed by atoms with E-state index in [0.717, 1.165) is 44.6 Å². The molecule has 3 aromatic carbocycles. The fourth-order valence-corrected chi connectivity index (χ4v) is 3.98. The number of benzene rings is 3. The largest absolute Gasteiger partial charge is 0.300 e. The fraction of sp³-hybridized carbons (Fsp3) is 0. The van der Waals surface area contributed by atoms with Crippen LogP contribution >= 0.6 is 0 Å². The summed E-state index contributed by atoms with van der Waals surface area (Å²) >= 11 is 0. The van der Waals surface area contributed by atoms with Crippen molar-refractivity contribution in [3.05, 3.63) is 91.1 Å². The Morgan fingerprint density at radius 3 is 2.26 bits per heavy atom. The average Bonchev–Trinajstić information content (AvgIpc) is 3.11. The minimum Gasteiger partial charge on any atom is -0.300 e. The van der Waals surface area contributed by atoms with Crippen LogP contribution in [0.3, 0.4) is 0 Å². The third-order valence-corrected chi connectivity index (χ3v) is 5.19. The molecule has 0 bridgehead atoms. The Hall–Kier alpha value is -3.72. The Labute approximate surface area is 155 Å². The van der Waals surface area contributed by atoms with Gasteiger partial charge >= 0.3 is 0 Å². The van der Waals surface area contributed by atoms with Crippen molar-refractivity contribution in [2.45, 2.75) is 0 Å². The van der Waals surface area contributed by atoms with Gasteiger partial charge in [-0.15, -0.1) is 0 Å². The van der Waals surface area contributed by atoms with Gasteiger partial charge in [-0.25, -0.2) is 9.97 Å². The highest BCUT2D eigenvalue weighted by molar-refractivity contribution is 6.05. The lowest BCUT2D eigenvalue weighted by molar-refractivity contribution is 1.11.